The summed E-state index contributed by atoms with van der Waals surface area (Å²) in [4.78, 5) is 0. The van der Waals surface area contributed by atoms with E-state index in [0.29, 0.717) is 0 Å². The molecule has 0 atom stereocenters. The Morgan fingerprint density at radius 2 is 1.11 bits per heavy atom. The summed E-state index contributed by atoms with van der Waals surface area (Å²) >= 11 is 0. The standard InChI is InChI=1S/C4H4N8O2.Ca.4H2O/c13-3-7-5-1-11(3)9-10-12-2-6-8-4(12)14;;;;;/h1-2H,(H,7,13)(H,8,14);;4*1H2/q;+2;;;;/p-2/b10-9+;;;;;. The van der Waals surface area contributed by atoms with E-state index in [9.17, 15) is 10.2 Å². The molecule has 0 aliphatic heterocycles. The van der Waals surface area contributed by atoms with Crippen LogP contribution in [0.4, 0.5) is 0 Å². The van der Waals surface area contributed by atoms with Crippen molar-refractivity contribution in [3.05, 3.63) is 12.7 Å². The van der Waals surface area contributed by atoms with Crippen LogP contribution in [0.2, 0.25) is 0 Å². The number of hydrogen-bond donors (Lipinski definition) is 0. The van der Waals surface area contributed by atoms with Crippen LogP contribution >= 0.6 is 0 Å². The molecule has 2 heterocycles. The predicted molar refractivity (Wildman–Crippen MR) is 54.8 cm³/mol. The van der Waals surface area contributed by atoms with E-state index in [1.807, 2.05) is 0 Å². The SMILES string of the molecule is O.O.O.O.[Ca+2].[O-]c1nncn1/N=N/n1cnnc1[O-]. The molecule has 0 unspecified atom stereocenters. The van der Waals surface area contributed by atoms with Crippen molar-refractivity contribution in [3.63, 3.8) is 0 Å². The van der Waals surface area contributed by atoms with Crippen LogP contribution in [-0.4, -0.2) is 89.4 Å². The average molecular weight is 306 g/mol. The van der Waals surface area contributed by atoms with Crippen LogP contribution in [0, 0.1) is 0 Å². The van der Waals surface area contributed by atoms with Crippen molar-refractivity contribution in [2.75, 3.05) is 0 Å². The molecular formula is C4H10CaN8O6. The van der Waals surface area contributed by atoms with Gasteiger partial charge in [-0.25, -0.2) is 0 Å². The zero-order valence-corrected chi connectivity index (χ0v) is 11.5. The Balaban J connectivity index is -0.000000225. The molecule has 2 aromatic rings. The van der Waals surface area contributed by atoms with Crippen molar-refractivity contribution >= 4 is 37.7 Å². The first kappa shape index (κ1) is 26.2. The van der Waals surface area contributed by atoms with Crippen molar-refractivity contribution < 1.29 is 32.1 Å². The number of rotatable bonds is 2. The van der Waals surface area contributed by atoms with E-state index in [4.69, 9.17) is 0 Å². The minimum absolute atomic E-state index is 0. The van der Waals surface area contributed by atoms with Gasteiger partial charge in [0.05, 0.1) is 0 Å². The van der Waals surface area contributed by atoms with E-state index in [1.165, 1.54) is 0 Å². The van der Waals surface area contributed by atoms with E-state index < -0.39 is 12.0 Å². The van der Waals surface area contributed by atoms with Crippen molar-refractivity contribution in [3.8, 4) is 12.0 Å². The Hall–Kier alpha value is -1.42. The molecule has 0 spiro atoms. The smallest absolute Gasteiger partial charge is 0.843 e. The minimum Gasteiger partial charge on any atom is -0.843 e. The second-order valence-corrected chi connectivity index (χ2v) is 2.10. The third-order valence-electron chi connectivity index (χ3n) is 1.23. The maximum Gasteiger partial charge on any atom is 2.00 e. The Labute approximate surface area is 134 Å². The first-order valence-electron chi connectivity index (χ1n) is 3.34. The first-order chi connectivity index (χ1) is 6.77. The fourth-order valence-electron chi connectivity index (χ4n) is 0.648. The minimum atomic E-state index is -0.686. The largest absolute Gasteiger partial charge is 2.00 e. The van der Waals surface area contributed by atoms with E-state index in [1.54, 1.807) is 0 Å². The van der Waals surface area contributed by atoms with Gasteiger partial charge in [-0.3, -0.25) is 0 Å². The number of hydrogen-bond acceptors (Lipinski definition) is 8. The summed E-state index contributed by atoms with van der Waals surface area (Å²) in [5.74, 6) is 0. The van der Waals surface area contributed by atoms with Gasteiger partial charge in [0.1, 0.15) is 24.7 Å². The average Bonchev–Trinajstić information content (AvgIpc) is 2.72. The molecule has 0 bridgehead atoms. The molecule has 0 aliphatic carbocycles. The molecule has 0 aromatic carbocycles. The summed E-state index contributed by atoms with van der Waals surface area (Å²) < 4.78 is 1.53. The van der Waals surface area contributed by atoms with Gasteiger partial charge in [0.15, 0.2) is 0 Å². The quantitative estimate of drug-likeness (QED) is 0.384. The van der Waals surface area contributed by atoms with Gasteiger partial charge in [0.25, 0.3) is 0 Å². The van der Waals surface area contributed by atoms with Gasteiger partial charge in [-0.15, -0.1) is 20.4 Å². The molecule has 0 fully saturated rings. The molecule has 15 heteroatoms. The molecule has 0 saturated heterocycles. The fourth-order valence-corrected chi connectivity index (χ4v) is 0.648. The van der Waals surface area contributed by atoms with Crippen molar-refractivity contribution in [2.45, 2.75) is 0 Å². The predicted octanol–water partition coefficient (Wildman–Crippen LogP) is -5.98. The summed E-state index contributed by atoms with van der Waals surface area (Å²) in [6, 6.07) is -1.37. The summed E-state index contributed by atoms with van der Waals surface area (Å²) in [5, 5.41) is 41.1. The molecular weight excluding hydrogens is 296 g/mol. The molecule has 8 N–H and O–H groups in total. The Morgan fingerprint density at radius 1 is 0.789 bits per heavy atom. The van der Waals surface area contributed by atoms with Crippen molar-refractivity contribution in [2.24, 2.45) is 10.4 Å². The second-order valence-electron chi connectivity index (χ2n) is 2.10. The third kappa shape index (κ3) is 6.34. The zero-order chi connectivity index (χ0) is 9.97. The van der Waals surface area contributed by atoms with Gasteiger partial charge < -0.3 is 32.1 Å². The van der Waals surface area contributed by atoms with Gasteiger partial charge in [-0.1, -0.05) is 0 Å². The van der Waals surface area contributed by atoms with E-state index in [0.717, 1.165) is 22.0 Å². The van der Waals surface area contributed by atoms with E-state index in [-0.39, 0.29) is 59.6 Å². The summed E-state index contributed by atoms with van der Waals surface area (Å²) in [7, 11) is 0. The number of nitrogens with zero attached hydrogens (tertiary/aromatic N) is 8. The van der Waals surface area contributed by atoms with Gasteiger partial charge in [0.2, 0.25) is 0 Å². The third-order valence-corrected chi connectivity index (χ3v) is 1.23. The van der Waals surface area contributed by atoms with Crippen LogP contribution in [0.5, 0.6) is 12.0 Å². The summed E-state index contributed by atoms with van der Waals surface area (Å²) in [6.07, 6.45) is 2.11. The van der Waals surface area contributed by atoms with Crippen LogP contribution in [-0.2, 0) is 0 Å². The van der Waals surface area contributed by atoms with Gasteiger partial charge in [-0.05, 0) is 10.4 Å². The monoisotopic (exact) mass is 306 g/mol. The van der Waals surface area contributed by atoms with Crippen LogP contribution in [0.25, 0.3) is 0 Å². The van der Waals surface area contributed by atoms with Crippen LogP contribution < -0.4 is 10.2 Å². The topological polar surface area (TPSA) is 258 Å². The maximum absolute atomic E-state index is 10.8. The molecule has 0 radical (unpaired) electrons. The summed E-state index contributed by atoms with van der Waals surface area (Å²) in [5.41, 5.74) is 0. The van der Waals surface area contributed by atoms with Crippen molar-refractivity contribution in [1.82, 2.24) is 29.7 Å². The Kier molecular flexibility index (Phi) is 16.1. The maximum atomic E-state index is 10.8. The van der Waals surface area contributed by atoms with Gasteiger partial charge in [-0.2, -0.15) is 9.35 Å². The Bertz CT molecular complexity index is 429. The van der Waals surface area contributed by atoms with Gasteiger partial charge >= 0.3 is 37.7 Å². The Morgan fingerprint density at radius 3 is 1.32 bits per heavy atom. The van der Waals surface area contributed by atoms with E-state index >= 15 is 0 Å². The van der Waals surface area contributed by atoms with Crippen molar-refractivity contribution in [1.29, 1.82) is 0 Å². The van der Waals surface area contributed by atoms with Crippen LogP contribution in [0.3, 0.4) is 0 Å². The molecule has 104 valence electrons. The van der Waals surface area contributed by atoms with Crippen LogP contribution in [0.15, 0.2) is 23.1 Å². The fraction of sp³-hybridized carbons (Fsp3) is 0. The van der Waals surface area contributed by atoms with Crippen LogP contribution in [0.1, 0.15) is 0 Å². The molecule has 2 aromatic heterocycles. The second kappa shape index (κ2) is 11.7. The normalized spacial score (nSPS) is 8.21. The van der Waals surface area contributed by atoms with E-state index in [2.05, 4.69) is 30.8 Å². The molecule has 14 nitrogen and oxygen atoms in total. The molecule has 19 heavy (non-hydrogen) atoms. The molecule has 2 rings (SSSR count). The summed E-state index contributed by atoms with van der Waals surface area (Å²) in [6.45, 7) is 0. The van der Waals surface area contributed by atoms with Gasteiger partial charge in [0, 0.05) is 0 Å². The molecule has 0 aliphatic rings. The number of aromatic nitrogens is 6. The molecule has 0 saturated carbocycles. The first-order valence-corrected chi connectivity index (χ1v) is 3.34. The zero-order valence-electron chi connectivity index (χ0n) is 9.26. The molecule has 0 amide bonds.